The molecule has 9 aromatic rings. The van der Waals surface area contributed by atoms with E-state index >= 15 is 0 Å². The summed E-state index contributed by atoms with van der Waals surface area (Å²) in [5.41, 5.74) is 12.0. The molecule has 1 aliphatic carbocycles. The molecular weight excluding hydrogens is 749 g/mol. The molecule has 296 valence electrons. The first-order valence-electron chi connectivity index (χ1n) is 20.8. The second-order valence-corrected chi connectivity index (χ2v) is 16.9. The zero-order valence-electron chi connectivity index (χ0n) is 34.1. The number of aliphatic carboxylic acids is 1. The Labute approximate surface area is 355 Å². The lowest BCUT2D eigenvalue weighted by Crippen LogP contribution is -2.32. The molecule has 10 rings (SSSR count). The zero-order valence-corrected chi connectivity index (χ0v) is 34.1. The average molecular weight is 793 g/mol. The number of benzene rings is 7. The number of carboxylic acids is 1. The summed E-state index contributed by atoms with van der Waals surface area (Å²) >= 11 is 0. The van der Waals surface area contributed by atoms with Crippen LogP contribution in [0.3, 0.4) is 0 Å². The van der Waals surface area contributed by atoms with Gasteiger partial charge in [0.2, 0.25) is 0 Å². The topological polar surface area (TPSA) is 54.8 Å². The maximum Gasteiger partial charge on any atom is 0.388 e. The molecule has 0 bridgehead atoms. The third-order valence-corrected chi connectivity index (χ3v) is 12.2. The van der Waals surface area contributed by atoms with Gasteiger partial charge in [-0.15, -0.1) is 0 Å². The minimum Gasteiger partial charge on any atom is -0.475 e. The molecule has 61 heavy (non-hydrogen) atoms. The Morgan fingerprint density at radius 1 is 0.623 bits per heavy atom. The quantitative estimate of drug-likeness (QED) is 0.148. The summed E-state index contributed by atoms with van der Waals surface area (Å²) in [6.45, 7) is 11.8. The number of para-hydroxylation sites is 4. The summed E-state index contributed by atoms with van der Waals surface area (Å²) in [5, 5.41) is 14.7. The second kappa shape index (κ2) is 15.2. The van der Waals surface area contributed by atoms with Gasteiger partial charge in [-0.1, -0.05) is 123 Å². The lowest BCUT2D eigenvalue weighted by atomic mass is 9.71. The second-order valence-electron chi connectivity index (χ2n) is 16.9. The minimum atomic E-state index is -1.07. The fourth-order valence-electron chi connectivity index (χ4n) is 9.59. The predicted octanol–water partition coefficient (Wildman–Crippen LogP) is 14.1. The third kappa shape index (κ3) is 6.84. The van der Waals surface area contributed by atoms with Gasteiger partial charge >= 0.3 is 12.0 Å². The highest BCUT2D eigenvalue weighted by atomic mass is 16.4. The van der Waals surface area contributed by atoms with Crippen LogP contribution in [0.5, 0.6) is 0 Å². The van der Waals surface area contributed by atoms with Crippen LogP contribution in [0.4, 0.5) is 17.1 Å². The molecule has 6 heteroatoms. The van der Waals surface area contributed by atoms with Crippen LogP contribution in [0.1, 0.15) is 32.3 Å². The van der Waals surface area contributed by atoms with Gasteiger partial charge < -0.3 is 24.0 Å². The minimum absolute atomic E-state index is 0.101. The molecule has 0 aliphatic heterocycles. The first-order valence-corrected chi connectivity index (χ1v) is 20.8. The molecule has 6 nitrogen and oxygen atoms in total. The molecular formula is C55H44N4O2. The van der Waals surface area contributed by atoms with Crippen molar-refractivity contribution >= 4 is 72.7 Å². The van der Waals surface area contributed by atoms with Crippen LogP contribution in [0.2, 0.25) is 0 Å². The standard InChI is InChI=1S/C55H44N4O2/c1-55(2)35-38(34-39(36-55)53(56-3)54(60)61)21-20-37-22-24-40(25-23-37)57(41-26-30-43(31-27-41)58-49-16-8-4-12-45(49)46-13-5-9-17-50(46)58)42-28-32-44(33-29-42)59-51-18-10-6-14-47(51)48-15-7-11-19-52(48)59/h4-34,39,53H,35-36H2,1-2H3,(H,60,61)/b21-20+. The SMILES string of the molecule is [C-]#[N+]C(C(=O)O)C1C=C(/C=C/c2ccc(N(c3ccc(-n4c5ccccc5c5ccccc54)cc3)c3ccc(-n4c5ccccc5c5ccccc54)cc3)cc2)CC(C)(C)C1. The summed E-state index contributed by atoms with van der Waals surface area (Å²) in [6.07, 6.45) is 7.68. The average Bonchev–Trinajstić information content (AvgIpc) is 3.80. The molecule has 2 unspecified atom stereocenters. The van der Waals surface area contributed by atoms with E-state index in [0.717, 1.165) is 46.0 Å². The summed E-state index contributed by atoms with van der Waals surface area (Å²) in [6, 6.07) is 59.5. The van der Waals surface area contributed by atoms with E-state index in [1.807, 2.05) is 6.08 Å². The molecule has 0 amide bonds. The van der Waals surface area contributed by atoms with E-state index in [4.69, 9.17) is 6.57 Å². The van der Waals surface area contributed by atoms with E-state index < -0.39 is 12.0 Å². The summed E-state index contributed by atoms with van der Waals surface area (Å²) in [7, 11) is 0. The van der Waals surface area contributed by atoms with Gasteiger partial charge in [0.1, 0.15) is 0 Å². The molecule has 1 aliphatic rings. The van der Waals surface area contributed by atoms with Crippen LogP contribution >= 0.6 is 0 Å². The van der Waals surface area contributed by atoms with Crippen molar-refractivity contribution in [1.29, 1.82) is 0 Å². The number of hydrogen-bond donors (Lipinski definition) is 1. The van der Waals surface area contributed by atoms with Crippen molar-refractivity contribution in [3.63, 3.8) is 0 Å². The van der Waals surface area contributed by atoms with Gasteiger partial charge in [-0.3, -0.25) is 0 Å². The highest BCUT2D eigenvalue weighted by molar-refractivity contribution is 6.10. The van der Waals surface area contributed by atoms with E-state index in [2.05, 4.69) is 215 Å². The maximum atomic E-state index is 11.9. The van der Waals surface area contributed by atoms with Gasteiger partial charge in [0.15, 0.2) is 0 Å². The highest BCUT2D eigenvalue weighted by Gasteiger charge is 2.39. The Balaban J connectivity index is 1.03. The van der Waals surface area contributed by atoms with Crippen LogP contribution in [0.15, 0.2) is 188 Å². The number of allylic oxidation sites excluding steroid dienone is 2. The monoisotopic (exact) mass is 792 g/mol. The molecule has 0 saturated carbocycles. The lowest BCUT2D eigenvalue weighted by Gasteiger charge is -2.33. The number of carbonyl (C=O) groups is 1. The fraction of sp³-hybridized carbons (Fsp3) is 0.127. The van der Waals surface area contributed by atoms with E-state index in [9.17, 15) is 9.90 Å². The summed E-state index contributed by atoms with van der Waals surface area (Å²) < 4.78 is 4.68. The Kier molecular flexibility index (Phi) is 9.38. The largest absolute Gasteiger partial charge is 0.475 e. The van der Waals surface area contributed by atoms with Crippen molar-refractivity contribution in [1.82, 2.24) is 9.13 Å². The van der Waals surface area contributed by atoms with Crippen molar-refractivity contribution in [3.8, 4) is 11.4 Å². The van der Waals surface area contributed by atoms with Crippen molar-refractivity contribution < 1.29 is 9.90 Å². The lowest BCUT2D eigenvalue weighted by molar-refractivity contribution is -0.138. The van der Waals surface area contributed by atoms with Crippen LogP contribution in [-0.2, 0) is 4.79 Å². The van der Waals surface area contributed by atoms with Crippen LogP contribution in [0, 0.1) is 17.9 Å². The predicted molar refractivity (Wildman–Crippen MR) is 251 cm³/mol. The van der Waals surface area contributed by atoms with Crippen LogP contribution < -0.4 is 4.90 Å². The maximum absolute atomic E-state index is 11.9. The third-order valence-electron chi connectivity index (χ3n) is 12.2. The fourth-order valence-corrected chi connectivity index (χ4v) is 9.59. The van der Waals surface area contributed by atoms with E-state index in [0.29, 0.717) is 6.42 Å². The Hall–Kier alpha value is -7.62. The van der Waals surface area contributed by atoms with Crippen molar-refractivity contribution in [2.45, 2.75) is 32.7 Å². The number of hydrogen-bond acceptors (Lipinski definition) is 2. The number of nitrogens with zero attached hydrogens (tertiary/aromatic N) is 4. The van der Waals surface area contributed by atoms with Gasteiger partial charge in [0.05, 0.1) is 28.0 Å². The molecule has 0 saturated heterocycles. The Morgan fingerprint density at radius 3 is 1.41 bits per heavy atom. The molecule has 0 spiro atoms. The number of fused-ring (bicyclic) bond motifs is 6. The molecule has 2 heterocycles. The molecule has 0 fully saturated rings. The number of rotatable bonds is 9. The number of anilines is 3. The van der Waals surface area contributed by atoms with Gasteiger partial charge in [-0.05, 0) is 109 Å². The number of carboxylic acid groups (broad SMARTS) is 1. The van der Waals surface area contributed by atoms with Gasteiger partial charge in [-0.2, -0.15) is 0 Å². The van der Waals surface area contributed by atoms with Gasteiger partial charge in [-0.25, -0.2) is 11.4 Å². The molecule has 2 aromatic heterocycles. The van der Waals surface area contributed by atoms with Gasteiger partial charge in [0, 0.05) is 50.0 Å². The van der Waals surface area contributed by atoms with E-state index in [-0.39, 0.29) is 11.3 Å². The van der Waals surface area contributed by atoms with Crippen molar-refractivity contribution in [3.05, 3.63) is 205 Å². The van der Waals surface area contributed by atoms with Crippen LogP contribution in [-0.4, -0.2) is 26.3 Å². The first-order chi connectivity index (χ1) is 29.8. The molecule has 1 N–H and O–H groups in total. The highest BCUT2D eigenvalue weighted by Crippen LogP contribution is 2.42. The zero-order chi connectivity index (χ0) is 41.7. The molecule has 2 atom stereocenters. The van der Waals surface area contributed by atoms with Gasteiger partial charge in [0.25, 0.3) is 0 Å². The summed E-state index contributed by atoms with van der Waals surface area (Å²) in [4.78, 5) is 17.6. The van der Waals surface area contributed by atoms with Crippen molar-refractivity contribution in [2.24, 2.45) is 11.3 Å². The number of aromatic nitrogens is 2. The smallest absolute Gasteiger partial charge is 0.388 e. The normalized spacial score (nSPS) is 15.6. The Morgan fingerprint density at radius 2 is 1.02 bits per heavy atom. The molecule has 7 aromatic carbocycles. The van der Waals surface area contributed by atoms with E-state index in [1.54, 1.807) is 0 Å². The van der Waals surface area contributed by atoms with Crippen LogP contribution in [0.25, 0.3) is 65.9 Å². The first kappa shape index (κ1) is 37.6. The Bertz CT molecular complexity index is 2950. The summed E-state index contributed by atoms with van der Waals surface area (Å²) in [5.74, 6) is -1.38. The molecule has 0 radical (unpaired) electrons. The van der Waals surface area contributed by atoms with E-state index in [1.165, 1.54) is 43.6 Å². The van der Waals surface area contributed by atoms with Crippen molar-refractivity contribution in [2.75, 3.05) is 4.90 Å².